The molecule has 2 nitrogen and oxygen atoms in total. The Morgan fingerprint density at radius 2 is 2.07 bits per heavy atom. The van der Waals surface area contributed by atoms with Crippen LogP contribution in [0.2, 0.25) is 4.34 Å². The minimum Gasteiger partial charge on any atom is -0.496 e. The Morgan fingerprint density at radius 3 is 2.67 bits per heavy atom. The zero-order chi connectivity index (χ0) is 10.8. The Morgan fingerprint density at radius 1 is 1.27 bits per heavy atom. The zero-order valence-electron chi connectivity index (χ0n) is 8.16. The van der Waals surface area contributed by atoms with Gasteiger partial charge in [-0.1, -0.05) is 11.6 Å². The molecule has 0 fully saturated rings. The van der Waals surface area contributed by atoms with Gasteiger partial charge in [-0.05, 0) is 30.3 Å². The summed E-state index contributed by atoms with van der Waals surface area (Å²) in [6.45, 7) is 0. The Kier molecular flexibility index (Phi) is 2.84. The van der Waals surface area contributed by atoms with Crippen LogP contribution in [-0.2, 0) is 0 Å². The fourth-order valence-electron chi connectivity index (χ4n) is 1.38. The average molecular weight is 240 g/mol. The summed E-state index contributed by atoms with van der Waals surface area (Å²) in [4.78, 5) is 1.06. The number of hydrogen-bond acceptors (Lipinski definition) is 3. The standard InChI is InChI=1S/C11H10ClNOS/c1-14-9-3-2-7(13)6-8(9)10-4-5-11(12)15-10/h2-6H,13H2,1H3. The van der Waals surface area contributed by atoms with Gasteiger partial charge in [0.1, 0.15) is 5.75 Å². The number of rotatable bonds is 2. The first-order valence-corrected chi connectivity index (χ1v) is 5.59. The van der Waals surface area contributed by atoms with Gasteiger partial charge in [-0.25, -0.2) is 0 Å². The van der Waals surface area contributed by atoms with Crippen LogP contribution in [0.3, 0.4) is 0 Å². The second-order valence-electron chi connectivity index (χ2n) is 3.06. The fourth-order valence-corrected chi connectivity index (χ4v) is 2.44. The van der Waals surface area contributed by atoms with Gasteiger partial charge < -0.3 is 10.5 Å². The van der Waals surface area contributed by atoms with E-state index >= 15 is 0 Å². The van der Waals surface area contributed by atoms with Crippen LogP contribution < -0.4 is 10.5 Å². The molecule has 0 saturated heterocycles. The zero-order valence-corrected chi connectivity index (χ0v) is 9.73. The van der Waals surface area contributed by atoms with E-state index in [-0.39, 0.29) is 0 Å². The van der Waals surface area contributed by atoms with E-state index in [0.29, 0.717) is 0 Å². The summed E-state index contributed by atoms with van der Waals surface area (Å²) in [5.41, 5.74) is 7.44. The molecule has 0 radical (unpaired) electrons. The van der Waals surface area contributed by atoms with Crippen molar-refractivity contribution in [2.24, 2.45) is 0 Å². The van der Waals surface area contributed by atoms with E-state index in [0.717, 1.165) is 26.2 Å². The number of nitrogen functional groups attached to an aromatic ring is 1. The highest BCUT2D eigenvalue weighted by molar-refractivity contribution is 7.19. The van der Waals surface area contributed by atoms with Crippen molar-refractivity contribution in [1.29, 1.82) is 0 Å². The fraction of sp³-hybridized carbons (Fsp3) is 0.0909. The minimum absolute atomic E-state index is 0.718. The van der Waals surface area contributed by atoms with E-state index in [1.807, 2.05) is 30.3 Å². The van der Waals surface area contributed by atoms with Crippen molar-refractivity contribution in [3.63, 3.8) is 0 Å². The molecular weight excluding hydrogens is 230 g/mol. The SMILES string of the molecule is COc1ccc(N)cc1-c1ccc(Cl)s1. The van der Waals surface area contributed by atoms with Crippen molar-refractivity contribution < 1.29 is 4.74 Å². The molecule has 0 aliphatic heterocycles. The lowest BCUT2D eigenvalue weighted by atomic mass is 10.1. The highest BCUT2D eigenvalue weighted by Gasteiger charge is 2.08. The predicted octanol–water partition coefficient (Wildman–Crippen LogP) is 3.66. The molecule has 1 heterocycles. The lowest BCUT2D eigenvalue weighted by Gasteiger charge is -2.07. The molecule has 2 N–H and O–H groups in total. The predicted molar refractivity (Wildman–Crippen MR) is 65.7 cm³/mol. The van der Waals surface area contributed by atoms with Crippen molar-refractivity contribution in [2.75, 3.05) is 12.8 Å². The number of nitrogens with two attached hydrogens (primary N) is 1. The van der Waals surface area contributed by atoms with Crippen LogP contribution in [0.4, 0.5) is 5.69 Å². The maximum absolute atomic E-state index is 5.89. The van der Waals surface area contributed by atoms with E-state index in [9.17, 15) is 0 Å². The molecule has 15 heavy (non-hydrogen) atoms. The molecule has 0 unspecified atom stereocenters. The Bertz CT molecular complexity index is 481. The van der Waals surface area contributed by atoms with Crippen LogP contribution in [0.15, 0.2) is 30.3 Å². The normalized spacial score (nSPS) is 10.3. The van der Waals surface area contributed by atoms with Crippen LogP contribution in [0.1, 0.15) is 0 Å². The first kappa shape index (κ1) is 10.3. The summed E-state index contributed by atoms with van der Waals surface area (Å²) in [6, 6.07) is 9.39. The number of ether oxygens (including phenoxy) is 1. The highest BCUT2D eigenvalue weighted by atomic mass is 35.5. The number of thiophene rings is 1. The summed E-state index contributed by atoms with van der Waals surface area (Å²) in [5.74, 6) is 0.808. The van der Waals surface area contributed by atoms with Crippen molar-refractivity contribution in [3.05, 3.63) is 34.7 Å². The number of halogens is 1. The number of methoxy groups -OCH3 is 1. The van der Waals surface area contributed by atoms with Crippen LogP contribution >= 0.6 is 22.9 Å². The molecule has 2 aromatic rings. The lowest BCUT2D eigenvalue weighted by molar-refractivity contribution is 0.416. The van der Waals surface area contributed by atoms with Crippen molar-refractivity contribution in [2.45, 2.75) is 0 Å². The first-order valence-electron chi connectivity index (χ1n) is 4.40. The highest BCUT2D eigenvalue weighted by Crippen LogP contribution is 2.37. The Labute approximate surface area is 97.3 Å². The molecule has 0 aliphatic carbocycles. The molecule has 4 heteroatoms. The average Bonchev–Trinajstić information content (AvgIpc) is 2.65. The molecule has 1 aromatic heterocycles. The largest absolute Gasteiger partial charge is 0.496 e. The molecule has 0 aliphatic rings. The second-order valence-corrected chi connectivity index (χ2v) is 4.78. The van der Waals surface area contributed by atoms with Crippen LogP contribution in [0.5, 0.6) is 5.75 Å². The van der Waals surface area contributed by atoms with Gasteiger partial charge in [-0.2, -0.15) is 0 Å². The van der Waals surface area contributed by atoms with Gasteiger partial charge in [-0.15, -0.1) is 11.3 Å². The van der Waals surface area contributed by atoms with E-state index in [1.165, 1.54) is 11.3 Å². The summed E-state index contributed by atoms with van der Waals surface area (Å²) in [7, 11) is 1.64. The minimum atomic E-state index is 0.718. The summed E-state index contributed by atoms with van der Waals surface area (Å²) in [5, 5.41) is 0. The van der Waals surface area contributed by atoms with Gasteiger partial charge in [0.05, 0.1) is 11.4 Å². The third-order valence-corrected chi connectivity index (χ3v) is 3.33. The molecular formula is C11H10ClNOS. The van der Waals surface area contributed by atoms with Gasteiger partial charge in [-0.3, -0.25) is 0 Å². The van der Waals surface area contributed by atoms with Crippen molar-refractivity contribution >= 4 is 28.6 Å². The first-order chi connectivity index (χ1) is 7.20. The molecule has 0 bridgehead atoms. The smallest absolute Gasteiger partial charge is 0.127 e. The number of hydrogen-bond donors (Lipinski definition) is 1. The number of anilines is 1. The van der Waals surface area contributed by atoms with E-state index in [4.69, 9.17) is 22.1 Å². The van der Waals surface area contributed by atoms with Gasteiger partial charge in [0.25, 0.3) is 0 Å². The number of benzene rings is 1. The van der Waals surface area contributed by atoms with E-state index in [1.54, 1.807) is 7.11 Å². The topological polar surface area (TPSA) is 35.2 Å². The molecule has 0 atom stereocenters. The van der Waals surface area contributed by atoms with Crippen molar-refractivity contribution in [1.82, 2.24) is 0 Å². The van der Waals surface area contributed by atoms with Gasteiger partial charge in [0, 0.05) is 16.1 Å². The molecule has 2 rings (SSSR count). The van der Waals surface area contributed by atoms with E-state index in [2.05, 4.69) is 0 Å². The van der Waals surface area contributed by atoms with Crippen LogP contribution in [0, 0.1) is 0 Å². The third kappa shape index (κ3) is 2.08. The van der Waals surface area contributed by atoms with E-state index < -0.39 is 0 Å². The maximum atomic E-state index is 5.89. The van der Waals surface area contributed by atoms with Gasteiger partial charge in [0.2, 0.25) is 0 Å². The van der Waals surface area contributed by atoms with Gasteiger partial charge >= 0.3 is 0 Å². The summed E-state index contributed by atoms with van der Waals surface area (Å²) < 4.78 is 6.03. The molecule has 78 valence electrons. The van der Waals surface area contributed by atoms with Crippen LogP contribution in [0.25, 0.3) is 10.4 Å². The molecule has 0 amide bonds. The van der Waals surface area contributed by atoms with Gasteiger partial charge in [0.15, 0.2) is 0 Å². The Hall–Kier alpha value is -1.19. The second kappa shape index (κ2) is 4.13. The molecule has 0 spiro atoms. The summed E-state index contributed by atoms with van der Waals surface area (Å²) >= 11 is 7.40. The third-order valence-electron chi connectivity index (χ3n) is 2.06. The summed E-state index contributed by atoms with van der Waals surface area (Å²) in [6.07, 6.45) is 0. The lowest BCUT2D eigenvalue weighted by Crippen LogP contribution is -1.89. The monoisotopic (exact) mass is 239 g/mol. The Balaban J connectivity index is 2.55. The molecule has 0 saturated carbocycles. The molecule has 1 aromatic carbocycles. The maximum Gasteiger partial charge on any atom is 0.127 e. The van der Waals surface area contributed by atoms with Crippen molar-refractivity contribution in [3.8, 4) is 16.2 Å². The quantitative estimate of drug-likeness (QED) is 0.812. The van der Waals surface area contributed by atoms with Crippen LogP contribution in [-0.4, -0.2) is 7.11 Å².